The fraction of sp³-hybridized carbons (Fsp3) is 0.190. The Hall–Kier alpha value is -3.46. The molecule has 0 unspecified atom stereocenters. The number of nitrogens with zero attached hydrogens (tertiary/aromatic N) is 2. The van der Waals surface area contributed by atoms with Crippen LogP contribution in [-0.2, 0) is 6.61 Å². The quantitative estimate of drug-likeness (QED) is 0.419. The van der Waals surface area contributed by atoms with Crippen LogP contribution in [0.1, 0.15) is 33.4 Å². The summed E-state index contributed by atoms with van der Waals surface area (Å²) in [5, 5.41) is 4.30. The second-order valence-electron chi connectivity index (χ2n) is 6.19. The van der Waals surface area contributed by atoms with Crippen LogP contribution in [0.2, 0.25) is 0 Å². The number of anilines is 1. The molecule has 30 heavy (non-hydrogen) atoms. The van der Waals surface area contributed by atoms with Crippen molar-refractivity contribution in [3.63, 3.8) is 0 Å². The van der Waals surface area contributed by atoms with Crippen molar-refractivity contribution in [2.24, 2.45) is 5.10 Å². The molecule has 0 aliphatic carbocycles. The van der Waals surface area contributed by atoms with Crippen molar-refractivity contribution in [3.05, 3.63) is 70.0 Å². The summed E-state index contributed by atoms with van der Waals surface area (Å²) in [7, 11) is 0. The highest BCUT2D eigenvalue weighted by molar-refractivity contribution is 7.17. The van der Waals surface area contributed by atoms with E-state index in [1.165, 1.54) is 12.3 Å². The van der Waals surface area contributed by atoms with Gasteiger partial charge in [-0.15, -0.1) is 0 Å². The lowest BCUT2D eigenvalue weighted by Gasteiger charge is -2.13. The van der Waals surface area contributed by atoms with Gasteiger partial charge in [0.25, 0.3) is 5.91 Å². The van der Waals surface area contributed by atoms with Crippen LogP contribution in [0.15, 0.2) is 47.6 Å². The van der Waals surface area contributed by atoms with Gasteiger partial charge in [-0.3, -0.25) is 4.79 Å². The molecule has 0 aliphatic rings. The van der Waals surface area contributed by atoms with Crippen LogP contribution >= 0.6 is 11.3 Å². The molecule has 2 aromatic carbocycles. The molecule has 0 bridgehead atoms. The number of hydrazone groups is 1. The van der Waals surface area contributed by atoms with Gasteiger partial charge in [0.2, 0.25) is 0 Å². The summed E-state index contributed by atoms with van der Waals surface area (Å²) in [5.41, 5.74) is 9.76. The van der Waals surface area contributed by atoms with Gasteiger partial charge >= 0.3 is 0 Å². The number of aromatic nitrogens is 1. The fourth-order valence-electron chi connectivity index (χ4n) is 2.61. The average Bonchev–Trinajstić information content (AvgIpc) is 3.07. The molecule has 1 heterocycles. The maximum absolute atomic E-state index is 13.8. The van der Waals surface area contributed by atoms with Gasteiger partial charge in [-0.25, -0.2) is 14.8 Å². The number of hydrogen-bond donors (Lipinski definition) is 2. The number of rotatable bonds is 8. The number of carbonyl (C=O) groups excluding carboxylic acids is 1. The molecular weight excluding hydrogens is 407 g/mol. The molecule has 156 valence electrons. The van der Waals surface area contributed by atoms with Crippen LogP contribution in [0.25, 0.3) is 0 Å². The number of hydrogen-bond acceptors (Lipinski definition) is 7. The van der Waals surface area contributed by atoms with E-state index >= 15 is 0 Å². The van der Waals surface area contributed by atoms with Gasteiger partial charge in [0, 0.05) is 5.56 Å². The second kappa shape index (κ2) is 9.84. The predicted octanol–water partition coefficient (Wildman–Crippen LogP) is 3.91. The second-order valence-corrected chi connectivity index (χ2v) is 7.22. The SMILES string of the molecule is CCOc1cc(/C=N\NC(=O)c2sc(N)nc2C)ccc1OCc1ccccc1F. The number of carbonyl (C=O) groups is 1. The van der Waals surface area contributed by atoms with E-state index in [0.29, 0.717) is 44.9 Å². The molecule has 0 saturated carbocycles. The zero-order chi connectivity index (χ0) is 21.5. The van der Waals surface area contributed by atoms with Crippen LogP contribution in [-0.4, -0.2) is 23.7 Å². The van der Waals surface area contributed by atoms with Gasteiger partial charge in [0.05, 0.1) is 18.5 Å². The van der Waals surface area contributed by atoms with Crippen molar-refractivity contribution in [1.29, 1.82) is 0 Å². The first kappa shape index (κ1) is 21.3. The molecule has 1 amide bonds. The normalized spacial score (nSPS) is 10.9. The molecular formula is C21H21FN4O3S. The van der Waals surface area contributed by atoms with E-state index in [-0.39, 0.29) is 18.3 Å². The predicted molar refractivity (Wildman–Crippen MR) is 115 cm³/mol. The molecule has 3 aromatic rings. The Kier molecular flexibility index (Phi) is 6.97. The van der Waals surface area contributed by atoms with E-state index < -0.39 is 0 Å². The summed E-state index contributed by atoms with van der Waals surface area (Å²) < 4.78 is 25.1. The van der Waals surface area contributed by atoms with E-state index in [9.17, 15) is 9.18 Å². The fourth-order valence-corrected chi connectivity index (χ4v) is 3.33. The maximum atomic E-state index is 13.8. The molecule has 3 rings (SSSR count). The molecule has 0 spiro atoms. The first-order chi connectivity index (χ1) is 14.5. The van der Waals surface area contributed by atoms with Crippen molar-refractivity contribution < 1.29 is 18.7 Å². The van der Waals surface area contributed by atoms with Crippen LogP contribution in [0.5, 0.6) is 11.5 Å². The van der Waals surface area contributed by atoms with Crippen LogP contribution in [0.4, 0.5) is 9.52 Å². The summed E-state index contributed by atoms with van der Waals surface area (Å²) in [6, 6.07) is 11.6. The number of halogens is 1. The number of aryl methyl sites for hydroxylation is 1. The van der Waals surface area contributed by atoms with Crippen molar-refractivity contribution in [3.8, 4) is 11.5 Å². The van der Waals surface area contributed by atoms with Crippen molar-refractivity contribution in [2.75, 3.05) is 12.3 Å². The lowest BCUT2D eigenvalue weighted by atomic mass is 10.2. The topological polar surface area (TPSA) is 98.8 Å². The number of nitrogens with one attached hydrogen (secondary N) is 1. The highest BCUT2D eigenvalue weighted by atomic mass is 32.1. The summed E-state index contributed by atoms with van der Waals surface area (Å²) in [4.78, 5) is 16.6. The lowest BCUT2D eigenvalue weighted by molar-refractivity contribution is 0.0958. The van der Waals surface area contributed by atoms with Gasteiger partial charge in [0.1, 0.15) is 17.3 Å². The smallest absolute Gasteiger partial charge is 0.283 e. The Morgan fingerprint density at radius 2 is 2.07 bits per heavy atom. The van der Waals surface area contributed by atoms with Gasteiger partial charge in [0.15, 0.2) is 16.6 Å². The highest BCUT2D eigenvalue weighted by Crippen LogP contribution is 2.29. The van der Waals surface area contributed by atoms with Crippen molar-refractivity contribution >= 4 is 28.6 Å². The zero-order valence-corrected chi connectivity index (χ0v) is 17.3. The monoisotopic (exact) mass is 428 g/mol. The first-order valence-electron chi connectivity index (χ1n) is 9.17. The summed E-state index contributed by atoms with van der Waals surface area (Å²) >= 11 is 1.10. The molecule has 0 aliphatic heterocycles. The molecule has 3 N–H and O–H groups in total. The third-order valence-corrected chi connectivity index (χ3v) is 4.99. The highest BCUT2D eigenvalue weighted by Gasteiger charge is 2.13. The molecule has 0 atom stereocenters. The third-order valence-electron chi connectivity index (χ3n) is 4.01. The number of nitrogens with two attached hydrogens (primary N) is 1. The lowest BCUT2D eigenvalue weighted by Crippen LogP contribution is -2.17. The van der Waals surface area contributed by atoms with Gasteiger partial charge < -0.3 is 15.2 Å². The Morgan fingerprint density at radius 3 is 2.77 bits per heavy atom. The number of thiazole rings is 1. The van der Waals surface area contributed by atoms with Crippen LogP contribution < -0.4 is 20.6 Å². The molecule has 0 saturated heterocycles. The van der Waals surface area contributed by atoms with E-state index in [1.54, 1.807) is 43.3 Å². The Bertz CT molecular complexity index is 1070. The minimum Gasteiger partial charge on any atom is -0.490 e. The summed E-state index contributed by atoms with van der Waals surface area (Å²) in [6.07, 6.45) is 1.49. The average molecular weight is 428 g/mol. The Morgan fingerprint density at radius 1 is 1.27 bits per heavy atom. The van der Waals surface area contributed by atoms with E-state index in [1.807, 2.05) is 6.92 Å². The van der Waals surface area contributed by atoms with Crippen LogP contribution in [0, 0.1) is 12.7 Å². The zero-order valence-electron chi connectivity index (χ0n) is 16.5. The number of benzene rings is 2. The van der Waals surface area contributed by atoms with Gasteiger partial charge in [-0.2, -0.15) is 5.10 Å². The number of ether oxygens (including phenoxy) is 2. The third kappa shape index (κ3) is 5.32. The summed E-state index contributed by atoms with van der Waals surface area (Å²) in [5.74, 6) is 0.271. The minimum absolute atomic E-state index is 0.0770. The largest absolute Gasteiger partial charge is 0.490 e. The molecule has 9 heteroatoms. The standard InChI is InChI=1S/C21H21FN4O3S/c1-3-28-18-10-14(11-24-26-20(27)19-13(2)25-21(23)30-19)8-9-17(18)29-12-15-6-4-5-7-16(15)22/h4-11H,3,12H2,1-2H3,(H2,23,25)(H,26,27)/b24-11-. The van der Waals surface area contributed by atoms with Gasteiger partial charge in [-0.05, 0) is 43.7 Å². The van der Waals surface area contributed by atoms with Gasteiger partial charge in [-0.1, -0.05) is 29.5 Å². The minimum atomic E-state index is -0.382. The summed E-state index contributed by atoms with van der Waals surface area (Å²) in [6.45, 7) is 4.07. The van der Waals surface area contributed by atoms with E-state index in [0.717, 1.165) is 11.3 Å². The Balaban J connectivity index is 1.68. The molecule has 1 aromatic heterocycles. The molecule has 0 fully saturated rings. The molecule has 0 radical (unpaired) electrons. The maximum Gasteiger partial charge on any atom is 0.283 e. The Labute approximate surface area is 177 Å². The van der Waals surface area contributed by atoms with Crippen molar-refractivity contribution in [2.45, 2.75) is 20.5 Å². The van der Waals surface area contributed by atoms with Crippen molar-refractivity contribution in [1.82, 2.24) is 10.4 Å². The first-order valence-corrected chi connectivity index (χ1v) is 9.99. The van der Waals surface area contributed by atoms with Crippen LogP contribution in [0.3, 0.4) is 0 Å². The number of nitrogen functional groups attached to an aromatic ring is 1. The number of amides is 1. The van der Waals surface area contributed by atoms with E-state index in [4.69, 9.17) is 15.2 Å². The van der Waals surface area contributed by atoms with E-state index in [2.05, 4.69) is 15.5 Å². The molecule has 7 nitrogen and oxygen atoms in total.